The number of nitrogens with zero attached hydrogens (tertiary/aromatic N) is 1. The van der Waals surface area contributed by atoms with Crippen molar-refractivity contribution in [1.82, 2.24) is 0 Å². The Morgan fingerprint density at radius 1 is 1.42 bits per heavy atom. The van der Waals surface area contributed by atoms with Crippen LogP contribution < -0.4 is 9.57 Å². The van der Waals surface area contributed by atoms with Crippen LogP contribution in [0.3, 0.4) is 0 Å². The molecule has 0 radical (unpaired) electrons. The number of pyridine rings is 1. The van der Waals surface area contributed by atoms with Crippen molar-refractivity contribution in [2.75, 3.05) is 7.11 Å². The van der Waals surface area contributed by atoms with E-state index in [0.717, 1.165) is 17.0 Å². The van der Waals surface area contributed by atoms with Gasteiger partial charge in [0.05, 0.1) is 0 Å². The molecule has 0 amide bonds. The predicted molar refractivity (Wildman–Crippen MR) is 34.1 cm³/mol. The first-order valence-corrected chi connectivity index (χ1v) is 3.17. The molecule has 66 valence electrons. The van der Waals surface area contributed by atoms with Crippen molar-refractivity contribution < 1.29 is 22.7 Å². The molecule has 2 nitrogen and oxygen atoms in total. The van der Waals surface area contributed by atoms with E-state index in [1.165, 1.54) is 19.4 Å². The molecule has 0 aliphatic heterocycles. The summed E-state index contributed by atoms with van der Waals surface area (Å²) in [5.74, 6) is 0. The van der Waals surface area contributed by atoms with Crippen molar-refractivity contribution in [3.05, 3.63) is 30.1 Å². The van der Waals surface area contributed by atoms with Gasteiger partial charge in [-0.2, -0.15) is 13.2 Å². The van der Waals surface area contributed by atoms with Crippen LogP contribution in [0.2, 0.25) is 0 Å². The van der Waals surface area contributed by atoms with Gasteiger partial charge in [0, 0.05) is 10.8 Å². The highest BCUT2D eigenvalue weighted by Crippen LogP contribution is 2.27. The highest BCUT2D eigenvalue weighted by Gasteiger charge is 2.33. The van der Waals surface area contributed by atoms with Gasteiger partial charge in [-0.15, -0.1) is 0 Å². The Labute approximate surface area is 67.2 Å². The fourth-order valence-corrected chi connectivity index (χ4v) is 0.736. The molecule has 12 heavy (non-hydrogen) atoms. The van der Waals surface area contributed by atoms with Crippen LogP contribution in [0.1, 0.15) is 5.56 Å². The molecular formula is C7H7F3NO+. The fraction of sp³-hybridized carbons (Fsp3) is 0.286. The van der Waals surface area contributed by atoms with Crippen molar-refractivity contribution in [1.29, 1.82) is 0 Å². The third-order valence-electron chi connectivity index (χ3n) is 1.31. The Balaban J connectivity index is 3.02. The first-order chi connectivity index (χ1) is 5.54. The summed E-state index contributed by atoms with van der Waals surface area (Å²) in [6.45, 7) is 0. The van der Waals surface area contributed by atoms with Gasteiger partial charge in [0.2, 0.25) is 12.4 Å². The molecule has 0 N–H and O–H groups in total. The van der Waals surface area contributed by atoms with Crippen LogP contribution in [-0.2, 0) is 6.18 Å². The zero-order chi connectivity index (χ0) is 9.19. The topological polar surface area (TPSA) is 13.1 Å². The van der Waals surface area contributed by atoms with Crippen molar-refractivity contribution in [3.63, 3.8) is 0 Å². The van der Waals surface area contributed by atoms with E-state index in [2.05, 4.69) is 4.84 Å². The maximum absolute atomic E-state index is 12.0. The lowest BCUT2D eigenvalue weighted by atomic mass is 10.3. The lowest BCUT2D eigenvalue weighted by molar-refractivity contribution is -0.886. The van der Waals surface area contributed by atoms with Gasteiger partial charge in [-0.05, 0) is 6.07 Å². The Morgan fingerprint density at radius 3 is 2.58 bits per heavy atom. The molecule has 1 aromatic rings. The van der Waals surface area contributed by atoms with Gasteiger partial charge >= 0.3 is 6.18 Å². The highest BCUT2D eigenvalue weighted by atomic mass is 19.4. The van der Waals surface area contributed by atoms with Gasteiger partial charge in [0.1, 0.15) is 12.7 Å². The van der Waals surface area contributed by atoms with Crippen LogP contribution in [0, 0.1) is 0 Å². The zero-order valence-corrected chi connectivity index (χ0v) is 6.30. The lowest BCUT2D eigenvalue weighted by Crippen LogP contribution is -2.40. The molecule has 1 heterocycles. The predicted octanol–water partition coefficient (Wildman–Crippen LogP) is 1.05. The number of hydrogen-bond donors (Lipinski definition) is 0. The molecule has 0 unspecified atom stereocenters. The molecule has 0 saturated carbocycles. The molecule has 1 aromatic heterocycles. The maximum Gasteiger partial charge on any atom is 0.422 e. The SMILES string of the molecule is CO[n+]1cccc(C(F)(F)F)c1. The van der Waals surface area contributed by atoms with E-state index < -0.39 is 11.7 Å². The van der Waals surface area contributed by atoms with E-state index in [9.17, 15) is 13.2 Å². The molecule has 0 bridgehead atoms. The van der Waals surface area contributed by atoms with E-state index in [1.807, 2.05) is 0 Å². The minimum absolute atomic E-state index is 0.730. The minimum Gasteiger partial charge on any atom is -0.275 e. The summed E-state index contributed by atoms with van der Waals surface area (Å²) < 4.78 is 37.1. The van der Waals surface area contributed by atoms with Gasteiger partial charge in [0.15, 0.2) is 0 Å². The van der Waals surface area contributed by atoms with E-state index in [-0.39, 0.29) is 0 Å². The normalized spacial score (nSPS) is 11.3. The average Bonchev–Trinajstić information content (AvgIpc) is 2.03. The van der Waals surface area contributed by atoms with Crippen molar-refractivity contribution in [3.8, 4) is 0 Å². The van der Waals surface area contributed by atoms with Crippen LogP contribution >= 0.6 is 0 Å². The molecule has 0 fully saturated rings. The Morgan fingerprint density at radius 2 is 2.08 bits per heavy atom. The minimum atomic E-state index is -4.32. The third-order valence-corrected chi connectivity index (χ3v) is 1.31. The number of aromatic nitrogens is 1. The molecule has 5 heteroatoms. The van der Waals surface area contributed by atoms with Gasteiger partial charge < -0.3 is 0 Å². The van der Waals surface area contributed by atoms with Crippen LogP contribution in [0.15, 0.2) is 24.5 Å². The van der Waals surface area contributed by atoms with Gasteiger partial charge in [-0.3, -0.25) is 4.84 Å². The third kappa shape index (κ3) is 1.87. The quantitative estimate of drug-likeness (QED) is 0.586. The molecule has 0 aromatic carbocycles. The molecule has 0 aliphatic rings. The number of halogens is 3. The van der Waals surface area contributed by atoms with E-state index in [0.29, 0.717) is 0 Å². The number of hydrogen-bond acceptors (Lipinski definition) is 1. The summed E-state index contributed by atoms with van der Waals surface area (Å²) in [6, 6.07) is 2.25. The first kappa shape index (κ1) is 8.83. The fourth-order valence-electron chi connectivity index (χ4n) is 0.736. The standard InChI is InChI=1S/C7H7F3NO/c1-12-11-4-2-3-6(5-11)7(8,9)10/h2-5H,1H3/q+1. The summed E-state index contributed by atoms with van der Waals surface area (Å²) in [7, 11) is 1.29. The first-order valence-electron chi connectivity index (χ1n) is 3.17. The average molecular weight is 178 g/mol. The van der Waals surface area contributed by atoms with Crippen molar-refractivity contribution >= 4 is 0 Å². The maximum atomic E-state index is 12.0. The molecule has 0 atom stereocenters. The lowest BCUT2D eigenvalue weighted by Gasteiger charge is -2.02. The summed E-state index contributed by atoms with van der Waals surface area (Å²) in [5, 5.41) is 0. The second-order valence-electron chi connectivity index (χ2n) is 2.13. The van der Waals surface area contributed by atoms with Crippen LogP contribution in [-0.4, -0.2) is 7.11 Å². The molecule has 0 saturated heterocycles. The second-order valence-corrected chi connectivity index (χ2v) is 2.13. The largest absolute Gasteiger partial charge is 0.422 e. The molecule has 0 aliphatic carbocycles. The van der Waals surface area contributed by atoms with Crippen LogP contribution in [0.5, 0.6) is 0 Å². The van der Waals surface area contributed by atoms with Crippen LogP contribution in [0.4, 0.5) is 13.2 Å². The summed E-state index contributed by atoms with van der Waals surface area (Å²) in [6.07, 6.45) is -2.06. The van der Waals surface area contributed by atoms with Gasteiger partial charge in [0.25, 0.3) is 0 Å². The summed E-state index contributed by atoms with van der Waals surface area (Å²) in [5.41, 5.74) is -0.730. The second kappa shape index (κ2) is 3.00. The molecule has 0 spiro atoms. The van der Waals surface area contributed by atoms with Crippen molar-refractivity contribution in [2.24, 2.45) is 0 Å². The highest BCUT2D eigenvalue weighted by molar-refractivity contribution is 5.08. The molecule has 1 rings (SSSR count). The van der Waals surface area contributed by atoms with E-state index in [4.69, 9.17) is 0 Å². The Hall–Kier alpha value is -1.26. The zero-order valence-electron chi connectivity index (χ0n) is 6.30. The Kier molecular flexibility index (Phi) is 2.21. The number of alkyl halides is 3. The summed E-state index contributed by atoms with van der Waals surface area (Å²) in [4.78, 5) is 4.57. The summed E-state index contributed by atoms with van der Waals surface area (Å²) >= 11 is 0. The van der Waals surface area contributed by atoms with Gasteiger partial charge in [-0.25, -0.2) is 0 Å². The monoisotopic (exact) mass is 178 g/mol. The van der Waals surface area contributed by atoms with Gasteiger partial charge in [-0.1, -0.05) is 0 Å². The smallest absolute Gasteiger partial charge is 0.275 e. The van der Waals surface area contributed by atoms with Crippen LogP contribution in [0.25, 0.3) is 0 Å². The van der Waals surface area contributed by atoms with E-state index in [1.54, 1.807) is 0 Å². The molecular weight excluding hydrogens is 171 g/mol. The van der Waals surface area contributed by atoms with Crippen molar-refractivity contribution in [2.45, 2.75) is 6.18 Å². The van der Waals surface area contributed by atoms with E-state index >= 15 is 0 Å². The number of rotatable bonds is 1. The Bertz CT molecular complexity index is 272.